The van der Waals surface area contributed by atoms with Crippen LogP contribution in [-0.4, -0.2) is 49.6 Å². The van der Waals surface area contributed by atoms with Crippen LogP contribution in [0.15, 0.2) is 42.5 Å². The first-order chi connectivity index (χ1) is 14.7. The first kappa shape index (κ1) is 20.1. The molecule has 1 saturated heterocycles. The number of para-hydroxylation sites is 1. The molecular weight excluding hydrogens is 384 g/mol. The minimum atomic E-state index is -0.106. The van der Waals surface area contributed by atoms with Gasteiger partial charge in [-0.2, -0.15) is 0 Å². The van der Waals surface area contributed by atoms with E-state index in [1.807, 2.05) is 37.3 Å². The molecule has 7 heteroatoms. The number of amides is 2. The predicted molar refractivity (Wildman–Crippen MR) is 112 cm³/mol. The third kappa shape index (κ3) is 4.35. The van der Waals surface area contributed by atoms with Gasteiger partial charge in [-0.15, -0.1) is 0 Å². The minimum absolute atomic E-state index is 0.0534. The van der Waals surface area contributed by atoms with Crippen LogP contribution in [0.3, 0.4) is 0 Å². The molecule has 0 N–H and O–H groups in total. The second-order valence-corrected chi connectivity index (χ2v) is 7.28. The third-order valence-corrected chi connectivity index (χ3v) is 5.33. The molecule has 0 bridgehead atoms. The lowest BCUT2D eigenvalue weighted by molar-refractivity contribution is -0.133. The molecule has 0 atom stereocenters. The van der Waals surface area contributed by atoms with Crippen LogP contribution in [-0.2, 0) is 16.1 Å². The summed E-state index contributed by atoms with van der Waals surface area (Å²) in [6.45, 7) is 4.66. The highest BCUT2D eigenvalue weighted by atomic mass is 16.6. The van der Waals surface area contributed by atoms with Gasteiger partial charge < -0.3 is 24.0 Å². The topological polar surface area (TPSA) is 68.3 Å². The summed E-state index contributed by atoms with van der Waals surface area (Å²) in [5.74, 6) is 2.07. The number of carbonyl (C=O) groups is 2. The highest BCUT2D eigenvalue weighted by Crippen LogP contribution is 2.34. The van der Waals surface area contributed by atoms with Crippen molar-refractivity contribution in [2.75, 3.05) is 37.8 Å². The van der Waals surface area contributed by atoms with Crippen molar-refractivity contribution in [3.05, 3.63) is 48.0 Å². The summed E-state index contributed by atoms with van der Waals surface area (Å²) < 4.78 is 17.1. The molecule has 0 aromatic heterocycles. The van der Waals surface area contributed by atoms with Gasteiger partial charge in [0.2, 0.25) is 5.91 Å². The van der Waals surface area contributed by atoms with E-state index in [0.29, 0.717) is 44.2 Å². The maximum absolute atomic E-state index is 12.7. The van der Waals surface area contributed by atoms with Gasteiger partial charge in [-0.25, -0.2) is 0 Å². The van der Waals surface area contributed by atoms with E-state index in [0.717, 1.165) is 30.0 Å². The molecule has 2 aliphatic rings. The molecule has 0 spiro atoms. The molecule has 0 radical (unpaired) electrons. The third-order valence-electron chi connectivity index (χ3n) is 5.33. The molecule has 2 amide bonds. The van der Waals surface area contributed by atoms with Crippen LogP contribution in [0.2, 0.25) is 0 Å². The Balaban J connectivity index is 1.35. The lowest BCUT2D eigenvalue weighted by Gasteiger charge is -2.25. The first-order valence-corrected chi connectivity index (χ1v) is 10.3. The zero-order chi connectivity index (χ0) is 20.9. The van der Waals surface area contributed by atoms with Crippen LogP contribution >= 0.6 is 0 Å². The number of carbonyl (C=O) groups excluding carboxylic acids is 2. The Bertz CT molecular complexity index is 912. The lowest BCUT2D eigenvalue weighted by Crippen LogP contribution is -2.34. The lowest BCUT2D eigenvalue weighted by atomic mass is 10.1. The van der Waals surface area contributed by atoms with Gasteiger partial charge in [0.15, 0.2) is 18.1 Å². The fourth-order valence-electron chi connectivity index (χ4n) is 3.72. The minimum Gasteiger partial charge on any atom is -0.486 e. The smallest absolute Gasteiger partial charge is 0.260 e. The number of hydrogen-bond donors (Lipinski definition) is 0. The van der Waals surface area contributed by atoms with Crippen LogP contribution in [0.5, 0.6) is 17.2 Å². The van der Waals surface area contributed by atoms with Crippen LogP contribution in [0.25, 0.3) is 0 Å². The Hall–Kier alpha value is -3.22. The molecule has 0 saturated carbocycles. The van der Waals surface area contributed by atoms with Gasteiger partial charge in [-0.3, -0.25) is 9.59 Å². The van der Waals surface area contributed by atoms with Gasteiger partial charge in [0.05, 0.1) is 0 Å². The Kier molecular flexibility index (Phi) is 6.07. The van der Waals surface area contributed by atoms with E-state index in [4.69, 9.17) is 14.2 Å². The van der Waals surface area contributed by atoms with Gasteiger partial charge >= 0.3 is 0 Å². The maximum Gasteiger partial charge on any atom is 0.260 e. The summed E-state index contributed by atoms with van der Waals surface area (Å²) in [5.41, 5.74) is 1.78. The largest absolute Gasteiger partial charge is 0.486 e. The van der Waals surface area contributed by atoms with E-state index in [2.05, 4.69) is 0 Å². The van der Waals surface area contributed by atoms with Crippen molar-refractivity contribution in [2.24, 2.45) is 0 Å². The summed E-state index contributed by atoms with van der Waals surface area (Å²) in [7, 11) is 0. The summed E-state index contributed by atoms with van der Waals surface area (Å²) in [4.78, 5) is 28.1. The quantitative estimate of drug-likeness (QED) is 0.702. The monoisotopic (exact) mass is 410 g/mol. The second kappa shape index (κ2) is 9.07. The molecule has 2 heterocycles. The molecule has 158 valence electrons. The Morgan fingerprint density at radius 1 is 1.13 bits per heavy atom. The average molecular weight is 410 g/mol. The number of ether oxygens (including phenoxy) is 3. The normalized spacial score (nSPS) is 15.2. The van der Waals surface area contributed by atoms with Crippen LogP contribution in [0.4, 0.5) is 5.69 Å². The van der Waals surface area contributed by atoms with Gasteiger partial charge in [-0.05, 0) is 43.7 Å². The molecule has 4 rings (SSSR count). The highest BCUT2D eigenvalue weighted by molar-refractivity contribution is 5.95. The van der Waals surface area contributed by atoms with Crippen molar-refractivity contribution < 1.29 is 23.8 Å². The van der Waals surface area contributed by atoms with Crippen molar-refractivity contribution in [3.8, 4) is 17.2 Å². The first-order valence-electron chi connectivity index (χ1n) is 10.3. The van der Waals surface area contributed by atoms with E-state index in [9.17, 15) is 9.59 Å². The van der Waals surface area contributed by atoms with Crippen molar-refractivity contribution in [1.29, 1.82) is 0 Å². The molecule has 0 aliphatic carbocycles. The van der Waals surface area contributed by atoms with Gasteiger partial charge in [0, 0.05) is 37.3 Å². The number of hydrogen-bond acceptors (Lipinski definition) is 5. The van der Waals surface area contributed by atoms with Crippen LogP contribution in [0.1, 0.15) is 25.3 Å². The average Bonchev–Trinajstić information content (AvgIpc) is 3.22. The van der Waals surface area contributed by atoms with Crippen LogP contribution in [0, 0.1) is 0 Å². The van der Waals surface area contributed by atoms with Gasteiger partial charge in [-0.1, -0.05) is 12.1 Å². The highest BCUT2D eigenvalue weighted by Gasteiger charge is 2.22. The van der Waals surface area contributed by atoms with Crippen molar-refractivity contribution in [2.45, 2.75) is 26.3 Å². The second-order valence-electron chi connectivity index (χ2n) is 7.28. The molecule has 2 aromatic rings. The molecule has 0 unspecified atom stereocenters. The van der Waals surface area contributed by atoms with E-state index in [-0.39, 0.29) is 18.4 Å². The number of fused-ring (bicyclic) bond motifs is 1. The van der Waals surface area contributed by atoms with E-state index in [1.54, 1.807) is 21.9 Å². The molecule has 2 aromatic carbocycles. The summed E-state index contributed by atoms with van der Waals surface area (Å²) in [6.07, 6.45) is 1.49. The van der Waals surface area contributed by atoms with Crippen LogP contribution < -0.4 is 19.1 Å². The Labute approximate surface area is 176 Å². The zero-order valence-corrected chi connectivity index (χ0v) is 17.1. The number of anilines is 1. The number of nitrogens with zero attached hydrogens (tertiary/aromatic N) is 2. The molecule has 30 heavy (non-hydrogen) atoms. The maximum atomic E-state index is 12.7. The summed E-state index contributed by atoms with van der Waals surface area (Å²) >= 11 is 0. The fourth-order valence-corrected chi connectivity index (χ4v) is 3.72. The zero-order valence-electron chi connectivity index (χ0n) is 17.1. The Morgan fingerprint density at radius 3 is 2.67 bits per heavy atom. The van der Waals surface area contributed by atoms with E-state index in [1.165, 1.54) is 0 Å². The van der Waals surface area contributed by atoms with E-state index >= 15 is 0 Å². The Morgan fingerprint density at radius 2 is 1.93 bits per heavy atom. The standard InChI is InChI=1S/C23H26N2O5/c1-2-24(15-17-5-3-6-20-23(17)29-14-13-28-20)22(27)16-30-19-10-8-18(9-11-19)25-12-4-7-21(25)26/h3,5-6,8-11H,2,4,7,12-16H2,1H3. The number of likely N-dealkylation sites (N-methyl/N-ethyl adjacent to an activating group) is 1. The molecule has 2 aliphatic heterocycles. The summed E-state index contributed by atoms with van der Waals surface area (Å²) in [6, 6.07) is 13.0. The summed E-state index contributed by atoms with van der Waals surface area (Å²) in [5, 5.41) is 0. The van der Waals surface area contributed by atoms with E-state index < -0.39 is 0 Å². The number of benzene rings is 2. The van der Waals surface area contributed by atoms with Crippen molar-refractivity contribution in [3.63, 3.8) is 0 Å². The number of rotatable bonds is 7. The van der Waals surface area contributed by atoms with Gasteiger partial charge in [0.25, 0.3) is 5.91 Å². The SMILES string of the molecule is CCN(Cc1cccc2c1OCCO2)C(=O)COc1ccc(N2CCCC2=O)cc1. The molecular formula is C23H26N2O5. The fraction of sp³-hybridized carbons (Fsp3) is 0.391. The molecule has 1 fully saturated rings. The molecule has 7 nitrogen and oxygen atoms in total. The van der Waals surface area contributed by atoms with Crippen molar-refractivity contribution >= 4 is 17.5 Å². The predicted octanol–water partition coefficient (Wildman–Crippen LogP) is 3.01. The van der Waals surface area contributed by atoms with Crippen molar-refractivity contribution in [1.82, 2.24) is 4.90 Å². The van der Waals surface area contributed by atoms with Gasteiger partial charge in [0.1, 0.15) is 19.0 Å².